The van der Waals surface area contributed by atoms with Crippen LogP contribution in [0.25, 0.3) is 0 Å². The molecule has 86 valence electrons. The van der Waals surface area contributed by atoms with E-state index in [9.17, 15) is 14.4 Å². The van der Waals surface area contributed by atoms with Crippen molar-refractivity contribution >= 4 is 5.97 Å². The number of hydrogen-bond donors (Lipinski definition) is 0. The van der Waals surface area contributed by atoms with Gasteiger partial charge in [-0.1, -0.05) is 12.7 Å². The molecule has 6 heteroatoms. The van der Waals surface area contributed by atoms with Gasteiger partial charge in [0.1, 0.15) is 13.2 Å². The second-order valence-electron chi connectivity index (χ2n) is 3.10. The molecule has 0 N–H and O–H groups in total. The van der Waals surface area contributed by atoms with Crippen LogP contribution in [0.2, 0.25) is 0 Å². The van der Waals surface area contributed by atoms with Crippen molar-refractivity contribution in [2.45, 2.75) is 6.54 Å². The van der Waals surface area contributed by atoms with Crippen LogP contribution in [-0.4, -0.2) is 21.7 Å². The summed E-state index contributed by atoms with van der Waals surface area (Å²) in [5, 5.41) is 0. The number of ether oxygens (including phenoxy) is 1. The summed E-state index contributed by atoms with van der Waals surface area (Å²) in [7, 11) is 1.34. The van der Waals surface area contributed by atoms with Crippen molar-refractivity contribution in [1.82, 2.24) is 9.13 Å². The smallest absolute Gasteiger partial charge is 0.331 e. The molecule has 0 unspecified atom stereocenters. The Bertz CT molecular complexity index is 512. The fourth-order valence-corrected chi connectivity index (χ4v) is 1.07. The molecule has 0 amide bonds. The Morgan fingerprint density at radius 3 is 2.88 bits per heavy atom. The average Bonchev–Trinajstić information content (AvgIpc) is 2.27. The van der Waals surface area contributed by atoms with Gasteiger partial charge in [0.2, 0.25) is 0 Å². The van der Waals surface area contributed by atoms with Gasteiger partial charge in [-0.25, -0.2) is 4.79 Å². The van der Waals surface area contributed by atoms with Gasteiger partial charge >= 0.3 is 11.7 Å². The summed E-state index contributed by atoms with van der Waals surface area (Å²) in [5.41, 5.74) is -0.969. The van der Waals surface area contributed by atoms with Gasteiger partial charge in [-0.15, -0.1) is 0 Å². The summed E-state index contributed by atoms with van der Waals surface area (Å²) < 4.78 is 6.74. The van der Waals surface area contributed by atoms with Gasteiger partial charge in [0.15, 0.2) is 0 Å². The highest BCUT2D eigenvalue weighted by atomic mass is 16.5. The van der Waals surface area contributed by atoms with Gasteiger partial charge < -0.3 is 4.74 Å². The molecule has 0 saturated carbocycles. The quantitative estimate of drug-likeness (QED) is 0.499. The van der Waals surface area contributed by atoms with Crippen molar-refractivity contribution in [3.8, 4) is 0 Å². The van der Waals surface area contributed by atoms with Crippen LogP contribution in [0.1, 0.15) is 0 Å². The zero-order chi connectivity index (χ0) is 12.1. The molecule has 0 aliphatic heterocycles. The van der Waals surface area contributed by atoms with Crippen LogP contribution in [0.15, 0.2) is 34.5 Å². The Balaban J connectivity index is 2.87. The van der Waals surface area contributed by atoms with Crippen molar-refractivity contribution in [2.24, 2.45) is 7.05 Å². The first-order valence-corrected chi connectivity index (χ1v) is 4.59. The van der Waals surface area contributed by atoms with E-state index in [1.807, 2.05) is 0 Å². The van der Waals surface area contributed by atoms with Crippen molar-refractivity contribution in [2.75, 3.05) is 6.61 Å². The lowest BCUT2D eigenvalue weighted by Crippen LogP contribution is -2.38. The topological polar surface area (TPSA) is 70.3 Å². The molecular weight excluding hydrogens is 212 g/mol. The highest BCUT2D eigenvalue weighted by molar-refractivity contribution is 5.69. The molecule has 1 aromatic rings. The third-order valence-corrected chi connectivity index (χ3v) is 1.92. The first kappa shape index (κ1) is 12.0. The Kier molecular flexibility index (Phi) is 3.82. The molecule has 0 aromatic carbocycles. The summed E-state index contributed by atoms with van der Waals surface area (Å²) >= 11 is 0. The number of carbonyl (C=O) groups excluding carboxylic acids is 1. The summed E-state index contributed by atoms with van der Waals surface area (Å²) in [5.74, 6) is -0.555. The first-order chi connectivity index (χ1) is 7.56. The Morgan fingerprint density at radius 1 is 1.56 bits per heavy atom. The van der Waals surface area contributed by atoms with E-state index < -0.39 is 17.2 Å². The van der Waals surface area contributed by atoms with Crippen molar-refractivity contribution in [3.63, 3.8) is 0 Å². The molecule has 0 saturated heterocycles. The molecule has 0 atom stereocenters. The summed E-state index contributed by atoms with van der Waals surface area (Å²) in [6, 6.07) is 1.21. The number of nitrogens with zero attached hydrogens (tertiary/aromatic N) is 2. The van der Waals surface area contributed by atoms with E-state index in [1.165, 1.54) is 25.4 Å². The lowest BCUT2D eigenvalue weighted by atomic mass is 10.5. The van der Waals surface area contributed by atoms with Crippen molar-refractivity contribution in [1.29, 1.82) is 0 Å². The van der Waals surface area contributed by atoms with E-state index in [2.05, 4.69) is 6.58 Å². The SMILES string of the molecule is C=CCOC(=O)Cn1ccc(=O)n(C)c1=O. The van der Waals surface area contributed by atoms with Crippen LogP contribution in [-0.2, 0) is 23.1 Å². The van der Waals surface area contributed by atoms with Gasteiger partial charge in [0, 0.05) is 19.3 Å². The molecular formula is C10H12N2O4. The number of aromatic nitrogens is 2. The molecule has 1 aromatic heterocycles. The monoisotopic (exact) mass is 224 g/mol. The predicted octanol–water partition coefficient (Wildman–Crippen LogP) is -0.724. The third-order valence-electron chi connectivity index (χ3n) is 1.92. The molecule has 0 aliphatic carbocycles. The standard InChI is InChI=1S/C10H12N2O4/c1-3-6-16-9(14)7-12-5-4-8(13)11(2)10(12)15/h3-5H,1,6-7H2,2H3. The largest absolute Gasteiger partial charge is 0.460 e. The van der Waals surface area contributed by atoms with E-state index in [4.69, 9.17) is 4.74 Å². The zero-order valence-corrected chi connectivity index (χ0v) is 8.88. The van der Waals surface area contributed by atoms with Crippen LogP contribution in [0, 0.1) is 0 Å². The lowest BCUT2D eigenvalue weighted by molar-refractivity contribution is -0.143. The minimum atomic E-state index is -0.555. The first-order valence-electron chi connectivity index (χ1n) is 4.59. The fourth-order valence-electron chi connectivity index (χ4n) is 1.07. The second kappa shape index (κ2) is 5.11. The van der Waals surface area contributed by atoms with Crippen LogP contribution in [0.4, 0.5) is 0 Å². The number of rotatable bonds is 4. The molecule has 0 spiro atoms. The number of hydrogen-bond acceptors (Lipinski definition) is 4. The van der Waals surface area contributed by atoms with E-state index in [1.54, 1.807) is 0 Å². The maximum Gasteiger partial charge on any atom is 0.331 e. The summed E-state index contributed by atoms with van der Waals surface area (Å²) in [6.07, 6.45) is 2.70. The highest BCUT2D eigenvalue weighted by Gasteiger charge is 2.06. The molecule has 16 heavy (non-hydrogen) atoms. The van der Waals surface area contributed by atoms with Crippen molar-refractivity contribution < 1.29 is 9.53 Å². The average molecular weight is 224 g/mol. The number of esters is 1. The van der Waals surface area contributed by atoms with Gasteiger partial charge in [0.25, 0.3) is 5.56 Å². The van der Waals surface area contributed by atoms with E-state index >= 15 is 0 Å². The Labute approximate surface area is 91.4 Å². The minimum Gasteiger partial charge on any atom is -0.460 e. The highest BCUT2D eigenvalue weighted by Crippen LogP contribution is 1.84. The normalized spacial score (nSPS) is 9.81. The Hall–Kier alpha value is -2.11. The Morgan fingerprint density at radius 2 is 2.25 bits per heavy atom. The molecule has 1 heterocycles. The summed E-state index contributed by atoms with van der Waals surface area (Å²) in [6.45, 7) is 3.27. The lowest BCUT2D eigenvalue weighted by Gasteiger charge is -2.06. The van der Waals surface area contributed by atoms with Gasteiger partial charge in [-0.3, -0.25) is 18.7 Å². The summed E-state index contributed by atoms with van der Waals surface area (Å²) in [4.78, 5) is 33.8. The zero-order valence-electron chi connectivity index (χ0n) is 8.88. The number of carbonyl (C=O) groups is 1. The van der Waals surface area contributed by atoms with Crippen LogP contribution >= 0.6 is 0 Å². The molecule has 0 bridgehead atoms. The molecule has 0 fully saturated rings. The van der Waals surface area contributed by atoms with E-state index in [0.29, 0.717) is 0 Å². The van der Waals surface area contributed by atoms with Crippen LogP contribution in [0.5, 0.6) is 0 Å². The van der Waals surface area contributed by atoms with E-state index in [0.717, 1.165) is 9.13 Å². The van der Waals surface area contributed by atoms with Crippen LogP contribution in [0.3, 0.4) is 0 Å². The fraction of sp³-hybridized carbons (Fsp3) is 0.300. The molecule has 1 rings (SSSR count). The van der Waals surface area contributed by atoms with Crippen molar-refractivity contribution in [3.05, 3.63) is 45.8 Å². The minimum absolute atomic E-state index is 0.0966. The predicted molar refractivity (Wildman–Crippen MR) is 57.1 cm³/mol. The maximum absolute atomic E-state index is 11.5. The molecule has 6 nitrogen and oxygen atoms in total. The third kappa shape index (κ3) is 2.69. The molecule has 0 aliphatic rings. The van der Waals surface area contributed by atoms with Crippen LogP contribution < -0.4 is 11.2 Å². The maximum atomic E-state index is 11.5. The van der Waals surface area contributed by atoms with Gasteiger partial charge in [-0.05, 0) is 0 Å². The van der Waals surface area contributed by atoms with Gasteiger partial charge in [0.05, 0.1) is 0 Å². The van der Waals surface area contributed by atoms with E-state index in [-0.39, 0.29) is 13.2 Å². The molecule has 0 radical (unpaired) electrons. The second-order valence-corrected chi connectivity index (χ2v) is 3.10. The van der Waals surface area contributed by atoms with Gasteiger partial charge in [-0.2, -0.15) is 0 Å².